The Morgan fingerprint density at radius 2 is 1.83 bits per heavy atom. The van der Waals surface area contributed by atoms with Crippen molar-refractivity contribution in [2.75, 3.05) is 20.3 Å². The van der Waals surface area contributed by atoms with Crippen LogP contribution in [0.15, 0.2) is 29.4 Å². The van der Waals surface area contributed by atoms with E-state index in [1.165, 1.54) is 0 Å². The van der Waals surface area contributed by atoms with E-state index in [1.54, 1.807) is 7.11 Å². The predicted molar refractivity (Wildman–Crippen MR) is 111 cm³/mol. The molecule has 0 saturated carbocycles. The molecule has 2 rings (SSSR count). The number of aryl methyl sites for hydroxylation is 2. The average Bonchev–Trinajstić information content (AvgIpc) is 2.97. The lowest BCUT2D eigenvalue weighted by molar-refractivity contribution is -0.159. The van der Waals surface area contributed by atoms with Gasteiger partial charge in [-0.15, -0.1) is 0 Å². The molecule has 160 valence electrons. The van der Waals surface area contributed by atoms with Gasteiger partial charge in [-0.05, 0) is 38.0 Å². The molecule has 0 fully saturated rings. The first-order valence-electron chi connectivity index (χ1n) is 8.92. The summed E-state index contributed by atoms with van der Waals surface area (Å²) in [6, 6.07) is 5.66. The van der Waals surface area contributed by atoms with Crippen LogP contribution in [-0.4, -0.2) is 51.5 Å². The van der Waals surface area contributed by atoms with Crippen LogP contribution in [0.3, 0.4) is 0 Å². The molecule has 0 unspecified atom stereocenters. The summed E-state index contributed by atoms with van der Waals surface area (Å²) in [5.74, 6) is -3.65. The molecule has 1 aromatic carbocycles. The summed E-state index contributed by atoms with van der Waals surface area (Å²) < 4.78 is 9.40. The monoisotopic (exact) mass is 445 g/mol. The fraction of sp³-hybridized carbons (Fsp3) is 0.421. The van der Waals surface area contributed by atoms with E-state index in [4.69, 9.17) is 52.7 Å². The van der Waals surface area contributed by atoms with E-state index in [2.05, 4.69) is 29.2 Å². The minimum absolute atomic E-state index is 0.546. The van der Waals surface area contributed by atoms with Crippen molar-refractivity contribution in [2.24, 2.45) is 4.99 Å². The molecule has 0 spiro atoms. The Morgan fingerprint density at radius 3 is 2.34 bits per heavy atom. The summed E-state index contributed by atoms with van der Waals surface area (Å²) in [6.45, 7) is 6.60. The Bertz CT molecular complexity index is 894. The number of halogens is 2. The van der Waals surface area contributed by atoms with Crippen molar-refractivity contribution in [3.63, 3.8) is 0 Å². The van der Waals surface area contributed by atoms with Gasteiger partial charge in [-0.2, -0.15) is 0 Å². The predicted octanol–water partition coefficient (Wildman–Crippen LogP) is 3.40. The van der Waals surface area contributed by atoms with Gasteiger partial charge in [-0.1, -0.05) is 30.1 Å². The Labute approximate surface area is 179 Å². The maximum atomic E-state index is 9.10. The van der Waals surface area contributed by atoms with Crippen LogP contribution in [0.5, 0.6) is 0 Å². The third kappa shape index (κ3) is 7.56. The van der Waals surface area contributed by atoms with Gasteiger partial charge in [0.05, 0.1) is 15.7 Å². The molecule has 0 aliphatic heterocycles. The second kappa shape index (κ2) is 12.3. The summed E-state index contributed by atoms with van der Waals surface area (Å²) in [6.07, 6.45) is 4.07. The summed E-state index contributed by atoms with van der Waals surface area (Å²) in [5.41, 5.74) is 3.01. The summed E-state index contributed by atoms with van der Waals surface area (Å²) >= 11 is 12.2. The fourth-order valence-electron chi connectivity index (χ4n) is 2.53. The van der Waals surface area contributed by atoms with Gasteiger partial charge in [-0.3, -0.25) is 9.56 Å². The zero-order valence-electron chi connectivity index (χ0n) is 16.6. The number of nitrogens with zero attached hydrogens (tertiary/aromatic N) is 3. The van der Waals surface area contributed by atoms with Gasteiger partial charge < -0.3 is 19.5 Å². The molecular formula is C19H25Cl2N3O5. The maximum absolute atomic E-state index is 9.10. The summed E-state index contributed by atoms with van der Waals surface area (Å²) in [5, 5.41) is 15.9. The van der Waals surface area contributed by atoms with E-state index >= 15 is 0 Å². The molecule has 10 heteroatoms. The second-order valence-electron chi connectivity index (χ2n) is 6.04. The molecule has 0 aliphatic rings. The van der Waals surface area contributed by atoms with Gasteiger partial charge in [0.2, 0.25) is 5.62 Å². The Kier molecular flexibility index (Phi) is 10.5. The van der Waals surface area contributed by atoms with Crippen LogP contribution in [0.25, 0.3) is 5.69 Å². The first-order chi connectivity index (χ1) is 13.7. The highest BCUT2D eigenvalue weighted by Crippen LogP contribution is 2.24. The number of hydrogen-bond acceptors (Lipinski definition) is 4. The lowest BCUT2D eigenvalue weighted by Crippen LogP contribution is -2.26. The normalized spacial score (nSPS) is 11.1. The van der Waals surface area contributed by atoms with E-state index in [1.807, 2.05) is 18.2 Å². The van der Waals surface area contributed by atoms with Gasteiger partial charge in [0.25, 0.3) is 0 Å². The quantitative estimate of drug-likeness (QED) is 0.501. The van der Waals surface area contributed by atoms with E-state index in [0.29, 0.717) is 16.7 Å². The molecule has 0 bridgehead atoms. The third-order valence-electron chi connectivity index (χ3n) is 3.72. The van der Waals surface area contributed by atoms with Gasteiger partial charge in [0, 0.05) is 38.7 Å². The molecule has 0 atom stereocenters. The highest BCUT2D eigenvalue weighted by molar-refractivity contribution is 6.42. The molecule has 1 heterocycles. The van der Waals surface area contributed by atoms with Crippen molar-refractivity contribution in [1.82, 2.24) is 9.13 Å². The number of methoxy groups -OCH3 is 1. The van der Waals surface area contributed by atoms with Crippen molar-refractivity contribution in [3.8, 4) is 5.69 Å². The van der Waals surface area contributed by atoms with Gasteiger partial charge in [-0.25, -0.2) is 9.59 Å². The molecule has 2 N–H and O–H groups in total. The first-order valence-corrected chi connectivity index (χ1v) is 9.68. The zero-order chi connectivity index (χ0) is 22.0. The number of ether oxygens (including phenoxy) is 1. The van der Waals surface area contributed by atoms with Crippen molar-refractivity contribution in [2.45, 2.75) is 33.2 Å². The van der Waals surface area contributed by atoms with Crippen LogP contribution >= 0.6 is 23.2 Å². The number of hydrogen-bond donors (Lipinski definition) is 2. The first kappa shape index (κ1) is 24.7. The van der Waals surface area contributed by atoms with Crippen LogP contribution in [-0.2, 0) is 20.9 Å². The average molecular weight is 446 g/mol. The lowest BCUT2D eigenvalue weighted by atomic mass is 10.3. The minimum atomic E-state index is -1.82. The number of rotatable bonds is 7. The largest absolute Gasteiger partial charge is 0.473 e. The van der Waals surface area contributed by atoms with Gasteiger partial charge >= 0.3 is 11.9 Å². The number of imidazole rings is 1. The standard InChI is InChI=1S/C17H23Cl2N3O.C2H2O4/c1-4-9-21-12-13(2)22(17(21)20-8-5-10-23-3)14-6-7-15(18)16(19)11-14;3-1(4)2(5)6/h6-7,11-12H,4-5,8-10H2,1-3H3;(H,3,4)(H,5,6). The minimum Gasteiger partial charge on any atom is -0.473 e. The molecular weight excluding hydrogens is 421 g/mol. The molecule has 0 radical (unpaired) electrons. The SMILES string of the molecule is CCCn1cc(C)n(-c2ccc(Cl)c(Cl)c2)c1=NCCCOC.O=C(O)C(=O)O. The molecule has 8 nitrogen and oxygen atoms in total. The third-order valence-corrected chi connectivity index (χ3v) is 4.46. The fourth-order valence-corrected chi connectivity index (χ4v) is 2.82. The molecule has 29 heavy (non-hydrogen) atoms. The van der Waals surface area contributed by atoms with Crippen molar-refractivity contribution in [1.29, 1.82) is 0 Å². The molecule has 1 aromatic heterocycles. The summed E-state index contributed by atoms with van der Waals surface area (Å²) in [4.78, 5) is 23.0. The van der Waals surface area contributed by atoms with E-state index < -0.39 is 11.9 Å². The van der Waals surface area contributed by atoms with Crippen molar-refractivity contribution >= 4 is 35.1 Å². The van der Waals surface area contributed by atoms with Crippen LogP contribution in [0.1, 0.15) is 25.5 Å². The molecule has 0 amide bonds. The van der Waals surface area contributed by atoms with Crippen LogP contribution in [0, 0.1) is 6.92 Å². The number of carboxylic acids is 2. The Morgan fingerprint density at radius 1 is 1.17 bits per heavy atom. The molecule has 2 aromatic rings. The molecule has 0 saturated heterocycles. The number of aromatic nitrogens is 2. The number of carboxylic acid groups (broad SMARTS) is 2. The van der Waals surface area contributed by atoms with E-state index in [-0.39, 0.29) is 0 Å². The van der Waals surface area contributed by atoms with Crippen LogP contribution < -0.4 is 5.62 Å². The number of aliphatic carboxylic acids is 2. The molecule has 0 aliphatic carbocycles. The summed E-state index contributed by atoms with van der Waals surface area (Å²) in [7, 11) is 1.71. The van der Waals surface area contributed by atoms with Crippen molar-refractivity contribution in [3.05, 3.63) is 45.8 Å². The van der Waals surface area contributed by atoms with Gasteiger partial charge in [0.1, 0.15) is 0 Å². The highest BCUT2D eigenvalue weighted by Gasteiger charge is 2.10. The van der Waals surface area contributed by atoms with E-state index in [0.717, 1.165) is 42.9 Å². The second-order valence-corrected chi connectivity index (χ2v) is 6.85. The van der Waals surface area contributed by atoms with Crippen LogP contribution in [0.2, 0.25) is 10.0 Å². The van der Waals surface area contributed by atoms with Crippen LogP contribution in [0.4, 0.5) is 0 Å². The Balaban J connectivity index is 0.000000612. The number of carbonyl (C=O) groups is 2. The van der Waals surface area contributed by atoms with Gasteiger partial charge in [0.15, 0.2) is 0 Å². The lowest BCUT2D eigenvalue weighted by Gasteiger charge is -2.08. The highest BCUT2D eigenvalue weighted by atomic mass is 35.5. The maximum Gasteiger partial charge on any atom is 0.414 e. The zero-order valence-corrected chi connectivity index (χ0v) is 18.1. The smallest absolute Gasteiger partial charge is 0.414 e. The van der Waals surface area contributed by atoms with Crippen molar-refractivity contribution < 1.29 is 24.5 Å². The van der Waals surface area contributed by atoms with E-state index in [9.17, 15) is 0 Å². The topological polar surface area (TPSA) is 106 Å². The Hall–Kier alpha value is -2.29. The number of benzene rings is 1.